The predicted octanol–water partition coefficient (Wildman–Crippen LogP) is 4.14. The summed E-state index contributed by atoms with van der Waals surface area (Å²) in [5, 5.41) is 7.06. The van der Waals surface area contributed by atoms with Gasteiger partial charge in [-0.3, -0.25) is 4.79 Å². The molecule has 1 amide bonds. The average molecular weight is 373 g/mol. The number of hydrogen-bond donors (Lipinski definition) is 2. The summed E-state index contributed by atoms with van der Waals surface area (Å²) in [5.74, 6) is 0.577. The van der Waals surface area contributed by atoms with Crippen molar-refractivity contribution in [2.45, 2.75) is 13.5 Å². The zero-order valence-electron chi connectivity index (χ0n) is 15.8. The predicted molar refractivity (Wildman–Crippen MR) is 113 cm³/mol. The number of nitrogens with zero attached hydrogens (tertiary/aromatic N) is 1. The zero-order valence-corrected chi connectivity index (χ0v) is 15.8. The first-order valence-electron chi connectivity index (χ1n) is 9.08. The van der Waals surface area contributed by atoms with E-state index in [1.165, 1.54) is 0 Å². The smallest absolute Gasteiger partial charge is 0.259 e. The molecule has 0 spiro atoms. The normalized spacial score (nSPS) is 10.6. The van der Waals surface area contributed by atoms with Crippen LogP contribution in [0.1, 0.15) is 16.7 Å². The van der Waals surface area contributed by atoms with Gasteiger partial charge in [0.25, 0.3) is 5.91 Å². The summed E-state index contributed by atoms with van der Waals surface area (Å²) in [6, 6.07) is 25.4. The summed E-state index contributed by atoms with van der Waals surface area (Å²) in [5.41, 5.74) is 6.55. The molecule has 0 aromatic heterocycles. The molecule has 0 aliphatic carbocycles. The van der Waals surface area contributed by atoms with Crippen LogP contribution in [0.15, 0.2) is 84.0 Å². The van der Waals surface area contributed by atoms with Gasteiger partial charge in [0.2, 0.25) is 0 Å². The molecule has 5 heteroatoms. The Hall–Kier alpha value is -3.60. The van der Waals surface area contributed by atoms with Crippen molar-refractivity contribution in [3.63, 3.8) is 0 Å². The molecule has 28 heavy (non-hydrogen) atoms. The van der Waals surface area contributed by atoms with Gasteiger partial charge in [0.1, 0.15) is 12.4 Å². The number of hydrogen-bond acceptors (Lipinski definition) is 4. The minimum absolute atomic E-state index is 0.160. The van der Waals surface area contributed by atoms with Crippen molar-refractivity contribution in [1.82, 2.24) is 5.43 Å². The van der Waals surface area contributed by atoms with Gasteiger partial charge < -0.3 is 10.1 Å². The standard InChI is InChI=1S/C23H23N3O2/c1-18-6-5-9-21(14-18)24-16-23(27)26-25-15-19-10-12-22(13-11-19)28-17-20-7-3-2-4-8-20/h2-15,24H,16-17H2,1H3,(H,26,27). The van der Waals surface area contributed by atoms with Gasteiger partial charge in [-0.25, -0.2) is 5.43 Å². The van der Waals surface area contributed by atoms with E-state index in [0.717, 1.165) is 28.1 Å². The summed E-state index contributed by atoms with van der Waals surface area (Å²) < 4.78 is 5.75. The molecule has 0 saturated heterocycles. The maximum absolute atomic E-state index is 11.9. The van der Waals surface area contributed by atoms with Gasteiger partial charge in [0.15, 0.2) is 0 Å². The molecule has 0 aliphatic heterocycles. The lowest BCUT2D eigenvalue weighted by atomic mass is 10.2. The number of anilines is 1. The number of carbonyl (C=O) groups excluding carboxylic acids is 1. The molecule has 0 radical (unpaired) electrons. The zero-order chi connectivity index (χ0) is 19.6. The van der Waals surface area contributed by atoms with E-state index in [1.807, 2.05) is 85.8 Å². The second kappa shape index (κ2) is 9.92. The van der Waals surface area contributed by atoms with E-state index in [1.54, 1.807) is 6.21 Å². The number of benzene rings is 3. The molecule has 3 aromatic carbocycles. The summed E-state index contributed by atoms with van der Waals surface area (Å²) in [4.78, 5) is 11.9. The average Bonchev–Trinajstić information content (AvgIpc) is 2.72. The Morgan fingerprint density at radius 1 is 1.00 bits per heavy atom. The highest BCUT2D eigenvalue weighted by Gasteiger charge is 2.00. The van der Waals surface area contributed by atoms with Gasteiger partial charge >= 0.3 is 0 Å². The lowest BCUT2D eigenvalue weighted by Crippen LogP contribution is -2.25. The highest BCUT2D eigenvalue weighted by atomic mass is 16.5. The molecule has 0 heterocycles. The van der Waals surface area contributed by atoms with Crippen LogP contribution in [0.25, 0.3) is 0 Å². The van der Waals surface area contributed by atoms with Gasteiger partial charge in [0, 0.05) is 5.69 Å². The third kappa shape index (κ3) is 6.29. The fourth-order valence-corrected chi connectivity index (χ4v) is 2.55. The maximum atomic E-state index is 11.9. The van der Waals surface area contributed by atoms with Crippen LogP contribution in [0.4, 0.5) is 5.69 Å². The lowest BCUT2D eigenvalue weighted by Gasteiger charge is -2.06. The molecule has 3 aromatic rings. The summed E-state index contributed by atoms with van der Waals surface area (Å²) in [6.07, 6.45) is 1.60. The Morgan fingerprint density at radius 2 is 1.79 bits per heavy atom. The molecule has 2 N–H and O–H groups in total. The van der Waals surface area contributed by atoms with Crippen LogP contribution < -0.4 is 15.5 Å². The van der Waals surface area contributed by atoms with E-state index < -0.39 is 0 Å². The van der Waals surface area contributed by atoms with Crippen LogP contribution in [0.5, 0.6) is 5.75 Å². The molecule has 0 saturated carbocycles. The van der Waals surface area contributed by atoms with Gasteiger partial charge in [-0.05, 0) is 60.0 Å². The summed E-state index contributed by atoms with van der Waals surface area (Å²) in [6.45, 7) is 2.69. The Balaban J connectivity index is 1.42. The highest BCUT2D eigenvalue weighted by Crippen LogP contribution is 2.13. The van der Waals surface area contributed by atoms with Crippen molar-refractivity contribution in [1.29, 1.82) is 0 Å². The van der Waals surface area contributed by atoms with Gasteiger partial charge in [-0.2, -0.15) is 5.10 Å². The van der Waals surface area contributed by atoms with E-state index in [4.69, 9.17) is 4.74 Å². The second-order valence-electron chi connectivity index (χ2n) is 6.36. The Kier molecular flexibility index (Phi) is 6.79. The number of carbonyl (C=O) groups is 1. The maximum Gasteiger partial charge on any atom is 0.259 e. The van der Waals surface area contributed by atoms with Crippen molar-refractivity contribution in [3.05, 3.63) is 95.6 Å². The second-order valence-corrected chi connectivity index (χ2v) is 6.36. The Morgan fingerprint density at radius 3 is 2.54 bits per heavy atom. The van der Waals surface area contributed by atoms with Crippen molar-refractivity contribution in [2.75, 3.05) is 11.9 Å². The fraction of sp³-hybridized carbons (Fsp3) is 0.130. The molecule has 0 bridgehead atoms. The van der Waals surface area contributed by atoms with Crippen LogP contribution in [0.3, 0.4) is 0 Å². The van der Waals surface area contributed by atoms with Crippen LogP contribution in [-0.2, 0) is 11.4 Å². The molecule has 0 atom stereocenters. The van der Waals surface area contributed by atoms with Gasteiger partial charge in [-0.15, -0.1) is 0 Å². The van der Waals surface area contributed by atoms with E-state index in [2.05, 4.69) is 15.8 Å². The molecule has 0 fully saturated rings. The fourth-order valence-electron chi connectivity index (χ4n) is 2.55. The minimum atomic E-state index is -0.208. The highest BCUT2D eigenvalue weighted by molar-refractivity contribution is 5.84. The van der Waals surface area contributed by atoms with Crippen molar-refractivity contribution < 1.29 is 9.53 Å². The Labute approximate surface area is 165 Å². The first-order chi connectivity index (χ1) is 13.7. The third-order valence-electron chi connectivity index (χ3n) is 4.00. The molecular formula is C23H23N3O2. The molecule has 3 rings (SSSR count). The largest absolute Gasteiger partial charge is 0.489 e. The minimum Gasteiger partial charge on any atom is -0.489 e. The molecule has 0 aliphatic rings. The van der Waals surface area contributed by atoms with E-state index in [0.29, 0.717) is 6.61 Å². The molecular weight excluding hydrogens is 350 g/mol. The lowest BCUT2D eigenvalue weighted by molar-refractivity contribution is -0.119. The first-order valence-corrected chi connectivity index (χ1v) is 9.08. The first kappa shape index (κ1) is 19.2. The SMILES string of the molecule is Cc1cccc(NCC(=O)NN=Cc2ccc(OCc3ccccc3)cc2)c1. The van der Waals surface area contributed by atoms with Crippen LogP contribution in [0.2, 0.25) is 0 Å². The van der Waals surface area contributed by atoms with Crippen molar-refractivity contribution in [3.8, 4) is 5.75 Å². The number of hydrazone groups is 1. The number of amides is 1. The number of aryl methyl sites for hydroxylation is 1. The van der Waals surface area contributed by atoms with Gasteiger partial charge in [-0.1, -0.05) is 42.5 Å². The van der Waals surface area contributed by atoms with Crippen LogP contribution in [0, 0.1) is 6.92 Å². The number of rotatable bonds is 8. The monoisotopic (exact) mass is 373 g/mol. The van der Waals surface area contributed by atoms with E-state index >= 15 is 0 Å². The quantitative estimate of drug-likeness (QED) is 0.461. The Bertz CT molecular complexity index is 922. The number of ether oxygens (including phenoxy) is 1. The van der Waals surface area contributed by atoms with E-state index in [9.17, 15) is 4.79 Å². The van der Waals surface area contributed by atoms with E-state index in [-0.39, 0.29) is 12.5 Å². The number of nitrogens with one attached hydrogen (secondary N) is 2. The van der Waals surface area contributed by atoms with Crippen LogP contribution >= 0.6 is 0 Å². The van der Waals surface area contributed by atoms with Crippen molar-refractivity contribution >= 4 is 17.8 Å². The van der Waals surface area contributed by atoms with Crippen molar-refractivity contribution in [2.24, 2.45) is 5.10 Å². The summed E-state index contributed by atoms with van der Waals surface area (Å²) in [7, 11) is 0. The molecule has 142 valence electrons. The topological polar surface area (TPSA) is 62.7 Å². The third-order valence-corrected chi connectivity index (χ3v) is 4.00. The molecule has 5 nitrogen and oxygen atoms in total. The van der Waals surface area contributed by atoms with Crippen LogP contribution in [-0.4, -0.2) is 18.7 Å². The van der Waals surface area contributed by atoms with Gasteiger partial charge in [0.05, 0.1) is 12.8 Å². The molecule has 0 unspecified atom stereocenters. The summed E-state index contributed by atoms with van der Waals surface area (Å²) >= 11 is 0.